The maximum absolute atomic E-state index is 12.6. The third kappa shape index (κ3) is 2.59. The molecule has 4 rings (SSSR count). The van der Waals surface area contributed by atoms with Gasteiger partial charge in [-0.15, -0.1) is 0 Å². The summed E-state index contributed by atoms with van der Waals surface area (Å²) < 4.78 is 5.94. The molecule has 3 unspecified atom stereocenters. The first-order valence-electron chi connectivity index (χ1n) is 9.27. The van der Waals surface area contributed by atoms with E-state index in [2.05, 4.69) is 32.9 Å². The molecule has 0 saturated heterocycles. The molecule has 2 aromatic carbocycles. The number of carbonyl (C=O) groups excluding carboxylic acids is 1. The fourth-order valence-electron chi connectivity index (χ4n) is 4.97. The Balaban J connectivity index is 1.48. The molecule has 2 bridgehead atoms. The molecule has 0 heterocycles. The fourth-order valence-corrected chi connectivity index (χ4v) is 4.97. The zero-order valence-corrected chi connectivity index (χ0v) is 15.3. The molecule has 25 heavy (non-hydrogen) atoms. The second-order valence-electron chi connectivity index (χ2n) is 8.52. The number of rotatable bonds is 3. The number of hydrogen-bond donors (Lipinski definition) is 0. The SMILES string of the molecule is CC12CCC(C(OC(=O)c3ccc(-c4ccccc4)cc3)C1)C2(C)C. The first-order chi connectivity index (χ1) is 11.9. The van der Waals surface area contributed by atoms with Crippen molar-refractivity contribution in [1.29, 1.82) is 0 Å². The van der Waals surface area contributed by atoms with Crippen LogP contribution in [-0.2, 0) is 4.74 Å². The van der Waals surface area contributed by atoms with E-state index in [9.17, 15) is 4.79 Å². The van der Waals surface area contributed by atoms with Gasteiger partial charge >= 0.3 is 5.97 Å². The lowest BCUT2D eigenvalue weighted by Gasteiger charge is -2.33. The molecule has 0 amide bonds. The number of esters is 1. The summed E-state index contributed by atoms with van der Waals surface area (Å²) in [6, 6.07) is 18.0. The summed E-state index contributed by atoms with van der Waals surface area (Å²) in [6.07, 6.45) is 3.49. The van der Waals surface area contributed by atoms with Crippen LogP contribution >= 0.6 is 0 Å². The summed E-state index contributed by atoms with van der Waals surface area (Å²) in [5.74, 6) is 0.307. The maximum Gasteiger partial charge on any atom is 0.338 e. The van der Waals surface area contributed by atoms with Gasteiger partial charge in [0.1, 0.15) is 6.10 Å². The van der Waals surface area contributed by atoms with Crippen LogP contribution in [0.1, 0.15) is 50.4 Å². The highest BCUT2D eigenvalue weighted by Crippen LogP contribution is 2.66. The minimum atomic E-state index is -0.184. The molecule has 2 saturated carbocycles. The molecular formula is C23H26O2. The molecule has 2 aliphatic rings. The molecule has 3 atom stereocenters. The van der Waals surface area contributed by atoms with E-state index in [0.717, 1.165) is 17.5 Å². The van der Waals surface area contributed by atoms with Crippen LogP contribution in [0.25, 0.3) is 11.1 Å². The molecule has 2 aromatic rings. The van der Waals surface area contributed by atoms with Gasteiger partial charge in [-0.1, -0.05) is 63.2 Å². The molecule has 2 heteroatoms. The average molecular weight is 334 g/mol. The standard InChI is InChI=1S/C23H26O2/c1-22(2)19-13-14-23(22,3)15-20(19)25-21(24)18-11-9-17(10-12-18)16-7-5-4-6-8-16/h4-12,19-20H,13-15H2,1-3H3. The summed E-state index contributed by atoms with van der Waals surface area (Å²) in [4.78, 5) is 12.6. The second kappa shape index (κ2) is 5.72. The highest BCUT2D eigenvalue weighted by molar-refractivity contribution is 5.90. The zero-order valence-electron chi connectivity index (χ0n) is 15.3. The quantitative estimate of drug-likeness (QED) is 0.671. The number of carbonyl (C=O) groups is 1. The van der Waals surface area contributed by atoms with E-state index >= 15 is 0 Å². The number of fused-ring (bicyclic) bond motifs is 2. The Kier molecular flexibility index (Phi) is 3.75. The van der Waals surface area contributed by atoms with Gasteiger partial charge in [0.15, 0.2) is 0 Å². The molecule has 2 nitrogen and oxygen atoms in total. The molecule has 0 radical (unpaired) electrons. The first kappa shape index (κ1) is 16.4. The van der Waals surface area contributed by atoms with Gasteiger partial charge in [-0.2, -0.15) is 0 Å². The van der Waals surface area contributed by atoms with Crippen molar-refractivity contribution in [2.24, 2.45) is 16.7 Å². The van der Waals surface area contributed by atoms with Crippen molar-refractivity contribution >= 4 is 5.97 Å². The highest BCUT2D eigenvalue weighted by atomic mass is 16.5. The van der Waals surface area contributed by atoms with Gasteiger partial charge < -0.3 is 4.74 Å². The van der Waals surface area contributed by atoms with E-state index in [-0.39, 0.29) is 17.5 Å². The van der Waals surface area contributed by atoms with E-state index in [0.29, 0.717) is 16.9 Å². The third-order valence-corrected chi connectivity index (χ3v) is 7.08. The Morgan fingerprint density at radius 3 is 2.16 bits per heavy atom. The topological polar surface area (TPSA) is 26.3 Å². The van der Waals surface area contributed by atoms with Crippen LogP contribution in [0, 0.1) is 16.7 Å². The smallest absolute Gasteiger partial charge is 0.338 e. The average Bonchev–Trinajstić information content (AvgIpc) is 2.95. The van der Waals surface area contributed by atoms with Gasteiger partial charge in [0.2, 0.25) is 0 Å². The highest BCUT2D eigenvalue weighted by Gasteiger charge is 2.61. The van der Waals surface area contributed by atoms with Gasteiger partial charge in [-0.3, -0.25) is 0 Å². The van der Waals surface area contributed by atoms with Crippen LogP contribution in [0.3, 0.4) is 0 Å². The summed E-state index contributed by atoms with van der Waals surface area (Å²) >= 11 is 0. The Morgan fingerprint density at radius 1 is 0.960 bits per heavy atom. The van der Waals surface area contributed by atoms with E-state index in [1.165, 1.54) is 12.8 Å². The third-order valence-electron chi connectivity index (χ3n) is 7.08. The molecule has 0 N–H and O–H groups in total. The van der Waals surface area contributed by atoms with Crippen LogP contribution < -0.4 is 0 Å². The molecule has 2 fully saturated rings. The summed E-state index contributed by atoms with van der Waals surface area (Å²) in [5, 5.41) is 0. The van der Waals surface area contributed by atoms with Gasteiger partial charge in [0, 0.05) is 5.92 Å². The molecular weight excluding hydrogens is 308 g/mol. The van der Waals surface area contributed by atoms with Crippen molar-refractivity contribution in [3.63, 3.8) is 0 Å². The molecule has 130 valence electrons. The monoisotopic (exact) mass is 334 g/mol. The lowest BCUT2D eigenvalue weighted by Crippen LogP contribution is -2.28. The summed E-state index contributed by atoms with van der Waals surface area (Å²) in [7, 11) is 0. The van der Waals surface area contributed by atoms with E-state index in [4.69, 9.17) is 4.74 Å². The van der Waals surface area contributed by atoms with Crippen molar-refractivity contribution in [1.82, 2.24) is 0 Å². The van der Waals surface area contributed by atoms with Crippen LogP contribution in [0.2, 0.25) is 0 Å². The van der Waals surface area contributed by atoms with Crippen LogP contribution in [0.15, 0.2) is 54.6 Å². The van der Waals surface area contributed by atoms with Crippen molar-refractivity contribution in [2.45, 2.75) is 46.1 Å². The maximum atomic E-state index is 12.6. The number of benzene rings is 2. The zero-order chi connectivity index (χ0) is 17.7. The fraction of sp³-hybridized carbons (Fsp3) is 0.435. The van der Waals surface area contributed by atoms with Gasteiger partial charge in [0.25, 0.3) is 0 Å². The van der Waals surface area contributed by atoms with Crippen molar-refractivity contribution in [3.05, 3.63) is 60.2 Å². The Hall–Kier alpha value is -2.09. The Labute approximate surface area is 150 Å². The van der Waals surface area contributed by atoms with Crippen molar-refractivity contribution < 1.29 is 9.53 Å². The van der Waals surface area contributed by atoms with Crippen molar-refractivity contribution in [2.75, 3.05) is 0 Å². The Bertz CT molecular complexity index is 773. The molecule has 0 aromatic heterocycles. The second-order valence-corrected chi connectivity index (χ2v) is 8.52. The minimum Gasteiger partial charge on any atom is -0.458 e. The number of ether oxygens (including phenoxy) is 1. The predicted octanol–water partition coefficient (Wildman–Crippen LogP) is 5.73. The van der Waals surface area contributed by atoms with E-state index < -0.39 is 0 Å². The summed E-state index contributed by atoms with van der Waals surface area (Å²) in [6.45, 7) is 7.04. The lowest BCUT2D eigenvalue weighted by atomic mass is 9.71. The first-order valence-corrected chi connectivity index (χ1v) is 9.27. The van der Waals surface area contributed by atoms with Crippen molar-refractivity contribution in [3.8, 4) is 11.1 Å². The van der Waals surface area contributed by atoms with Gasteiger partial charge in [-0.05, 0) is 53.4 Å². The van der Waals surface area contributed by atoms with Crippen LogP contribution in [-0.4, -0.2) is 12.1 Å². The van der Waals surface area contributed by atoms with E-state index in [1.54, 1.807) is 0 Å². The molecule has 2 aliphatic carbocycles. The minimum absolute atomic E-state index is 0.0649. The van der Waals surface area contributed by atoms with Crippen LogP contribution in [0.4, 0.5) is 0 Å². The normalized spacial score (nSPS) is 29.6. The van der Waals surface area contributed by atoms with Crippen LogP contribution in [0.5, 0.6) is 0 Å². The number of hydrogen-bond acceptors (Lipinski definition) is 2. The molecule has 0 aliphatic heterocycles. The summed E-state index contributed by atoms with van der Waals surface area (Å²) in [5.41, 5.74) is 3.48. The lowest BCUT2D eigenvalue weighted by molar-refractivity contribution is 0.0103. The molecule has 0 spiro atoms. The largest absolute Gasteiger partial charge is 0.458 e. The van der Waals surface area contributed by atoms with Gasteiger partial charge in [0.05, 0.1) is 5.56 Å². The van der Waals surface area contributed by atoms with Gasteiger partial charge in [-0.25, -0.2) is 4.79 Å². The predicted molar refractivity (Wildman–Crippen MR) is 100 cm³/mol. The Morgan fingerprint density at radius 2 is 1.60 bits per heavy atom. The van der Waals surface area contributed by atoms with E-state index in [1.807, 2.05) is 42.5 Å².